The third-order valence-electron chi connectivity index (χ3n) is 5.02. The number of aryl methyl sites for hydroxylation is 1. The highest BCUT2D eigenvalue weighted by molar-refractivity contribution is 9.10. The molecule has 0 aliphatic rings. The molecule has 1 aromatic heterocycles. The summed E-state index contributed by atoms with van der Waals surface area (Å²) in [4.78, 5) is 27.4. The fourth-order valence-electron chi connectivity index (χ4n) is 3.41. The van der Waals surface area contributed by atoms with Gasteiger partial charge in [0, 0.05) is 30.8 Å². The van der Waals surface area contributed by atoms with Crippen LogP contribution in [0.4, 0.5) is 18.9 Å². The van der Waals surface area contributed by atoms with E-state index in [0.717, 1.165) is 41.7 Å². The second-order valence-electron chi connectivity index (χ2n) is 7.60. The molecule has 0 saturated heterocycles. The summed E-state index contributed by atoms with van der Waals surface area (Å²) >= 11 is 3.45. The van der Waals surface area contributed by atoms with Crippen LogP contribution in [0.1, 0.15) is 39.6 Å². The molecule has 0 aliphatic heterocycles. The van der Waals surface area contributed by atoms with Gasteiger partial charge in [-0.3, -0.25) is 9.59 Å². The maximum absolute atomic E-state index is 13.4. The lowest BCUT2D eigenvalue weighted by Crippen LogP contribution is -3.00. The Kier molecular flexibility index (Phi) is 10.7. The molecule has 1 N–H and O–H groups in total. The van der Waals surface area contributed by atoms with Crippen LogP contribution in [-0.4, -0.2) is 24.9 Å². The van der Waals surface area contributed by atoms with Gasteiger partial charge in [0.1, 0.15) is 12.1 Å². The Hall–Kier alpha value is -2.47. The fourth-order valence-corrected chi connectivity index (χ4v) is 3.92. The van der Waals surface area contributed by atoms with E-state index in [4.69, 9.17) is 0 Å². The van der Waals surface area contributed by atoms with E-state index in [9.17, 15) is 22.8 Å². The van der Waals surface area contributed by atoms with Gasteiger partial charge in [-0.05, 0) is 58.4 Å². The first kappa shape index (κ1) is 28.8. The van der Waals surface area contributed by atoms with Gasteiger partial charge in [-0.15, -0.1) is 0 Å². The average Bonchev–Trinajstić information content (AvgIpc) is 2.81. The van der Waals surface area contributed by atoms with Crippen LogP contribution in [0, 0.1) is 0 Å². The molecule has 2 aromatic carbocycles. The van der Waals surface area contributed by atoms with Crippen LogP contribution >= 0.6 is 15.9 Å². The van der Waals surface area contributed by atoms with Crippen molar-refractivity contribution < 1.29 is 51.3 Å². The molecule has 10 heteroatoms. The number of benzene rings is 2. The fraction of sp³-hybridized carbons (Fsp3) is 0.240. The summed E-state index contributed by atoms with van der Waals surface area (Å²) in [6.07, 6.45) is 0.130. The van der Waals surface area contributed by atoms with Crippen LogP contribution in [0.5, 0.6) is 0 Å². The van der Waals surface area contributed by atoms with Crippen molar-refractivity contribution in [2.45, 2.75) is 26.1 Å². The summed E-state index contributed by atoms with van der Waals surface area (Å²) in [5.74, 6) is -0.751. The number of carbonyl (C=O) groups is 2. The lowest BCUT2D eigenvalue weighted by molar-refractivity contribution is -0.697. The summed E-state index contributed by atoms with van der Waals surface area (Å²) in [6, 6.07) is 14.8. The molecule has 0 aliphatic carbocycles. The van der Waals surface area contributed by atoms with Crippen molar-refractivity contribution in [1.82, 2.24) is 5.32 Å². The maximum Gasteiger partial charge on any atom is 0.416 e. The van der Waals surface area contributed by atoms with Gasteiger partial charge in [0.25, 0.3) is 11.8 Å². The number of halogens is 5. The zero-order chi connectivity index (χ0) is 24.7. The molecule has 3 rings (SSSR count). The van der Waals surface area contributed by atoms with E-state index in [1.807, 2.05) is 35.9 Å². The van der Waals surface area contributed by atoms with Gasteiger partial charge < -0.3 is 34.2 Å². The molecule has 1 heterocycles. The van der Waals surface area contributed by atoms with E-state index >= 15 is 0 Å². The molecule has 0 bridgehead atoms. The third-order valence-corrected chi connectivity index (χ3v) is 5.46. The monoisotopic (exact) mass is 661 g/mol. The SMILES string of the molecule is CCC[n+]1cc(Br)cc(C(=O)N(CCNC(=O)c2ccc(C(F)(F)F)cc2)c2ccccc2)c1.[I-]. The molecule has 0 unspecified atom stereocenters. The van der Waals surface area contributed by atoms with Gasteiger partial charge >= 0.3 is 6.18 Å². The number of anilines is 1. The molecule has 35 heavy (non-hydrogen) atoms. The minimum absolute atomic E-state index is 0. The first-order valence-electron chi connectivity index (χ1n) is 10.7. The van der Waals surface area contributed by atoms with Gasteiger partial charge in [-0.25, -0.2) is 4.57 Å². The molecule has 0 atom stereocenters. The Morgan fingerprint density at radius 1 is 1.00 bits per heavy atom. The normalized spacial score (nSPS) is 10.9. The number of pyridine rings is 1. The molecular weight excluding hydrogens is 638 g/mol. The summed E-state index contributed by atoms with van der Waals surface area (Å²) in [5, 5.41) is 2.68. The van der Waals surface area contributed by atoms with Crippen molar-refractivity contribution in [3.8, 4) is 0 Å². The smallest absolute Gasteiger partial charge is 0.416 e. The van der Waals surface area contributed by atoms with Crippen LogP contribution in [0.2, 0.25) is 0 Å². The van der Waals surface area contributed by atoms with E-state index in [1.54, 1.807) is 29.3 Å². The van der Waals surface area contributed by atoms with Crippen molar-refractivity contribution in [3.63, 3.8) is 0 Å². The van der Waals surface area contributed by atoms with Crippen LogP contribution in [0.25, 0.3) is 0 Å². The van der Waals surface area contributed by atoms with Crippen molar-refractivity contribution in [3.05, 3.63) is 94.2 Å². The second kappa shape index (κ2) is 13.0. The topological polar surface area (TPSA) is 53.3 Å². The summed E-state index contributed by atoms with van der Waals surface area (Å²) in [7, 11) is 0. The van der Waals surface area contributed by atoms with Gasteiger partial charge in [-0.1, -0.05) is 25.1 Å². The first-order chi connectivity index (χ1) is 16.2. The van der Waals surface area contributed by atoms with Gasteiger partial charge in [-0.2, -0.15) is 13.2 Å². The van der Waals surface area contributed by atoms with E-state index in [0.29, 0.717) is 11.3 Å². The molecule has 2 amide bonds. The predicted molar refractivity (Wildman–Crippen MR) is 127 cm³/mol. The van der Waals surface area contributed by atoms with Crippen LogP contribution in [0.3, 0.4) is 0 Å². The minimum atomic E-state index is -4.47. The molecule has 0 saturated carbocycles. The molecular formula is C25H24BrF3IN3O2. The Morgan fingerprint density at radius 2 is 1.66 bits per heavy atom. The molecule has 186 valence electrons. The highest BCUT2D eigenvalue weighted by Crippen LogP contribution is 2.29. The Bertz CT molecular complexity index is 1140. The standard InChI is InChI=1S/C25H23BrF3N3O2.HI/c1-2-13-31-16-19(15-21(26)17-31)24(34)32(22-6-4-3-5-7-22)14-12-30-23(33)18-8-10-20(11-9-18)25(27,28)29;/h3-11,15-17H,2,12-14H2,1H3;1H. The minimum Gasteiger partial charge on any atom is -1.00 e. The lowest BCUT2D eigenvalue weighted by atomic mass is 10.1. The van der Waals surface area contributed by atoms with Gasteiger partial charge in [0.15, 0.2) is 12.4 Å². The lowest BCUT2D eigenvalue weighted by Gasteiger charge is -2.23. The van der Waals surface area contributed by atoms with Gasteiger partial charge in [0.2, 0.25) is 0 Å². The van der Waals surface area contributed by atoms with Crippen molar-refractivity contribution in [2.75, 3.05) is 18.0 Å². The van der Waals surface area contributed by atoms with Crippen molar-refractivity contribution in [1.29, 1.82) is 0 Å². The molecule has 0 radical (unpaired) electrons. The molecule has 0 fully saturated rings. The Balaban J connectivity index is 0.00000432. The summed E-state index contributed by atoms with van der Waals surface area (Å²) in [6.45, 7) is 3.10. The van der Waals surface area contributed by atoms with E-state index < -0.39 is 17.6 Å². The molecule has 0 spiro atoms. The number of alkyl halides is 3. The number of aromatic nitrogens is 1. The number of nitrogens with zero attached hydrogens (tertiary/aromatic N) is 2. The third kappa shape index (κ3) is 8.03. The number of nitrogens with one attached hydrogen (secondary N) is 1. The van der Waals surface area contributed by atoms with Crippen LogP contribution < -0.4 is 38.8 Å². The zero-order valence-corrected chi connectivity index (χ0v) is 22.6. The van der Waals surface area contributed by atoms with Crippen LogP contribution in [-0.2, 0) is 12.7 Å². The number of amides is 2. The zero-order valence-electron chi connectivity index (χ0n) is 18.9. The molecule has 5 nitrogen and oxygen atoms in total. The number of rotatable bonds is 8. The highest BCUT2D eigenvalue weighted by atomic mass is 127. The number of carbonyl (C=O) groups excluding carboxylic acids is 2. The number of hydrogen-bond acceptors (Lipinski definition) is 2. The maximum atomic E-state index is 13.4. The van der Waals surface area contributed by atoms with Crippen LogP contribution in [0.15, 0.2) is 77.5 Å². The molecule has 3 aromatic rings. The van der Waals surface area contributed by atoms with Crippen molar-refractivity contribution >= 4 is 33.4 Å². The summed E-state index contributed by atoms with van der Waals surface area (Å²) in [5.41, 5.74) is 0.441. The Labute approximate surface area is 227 Å². The van der Waals surface area contributed by atoms with Crippen molar-refractivity contribution in [2.24, 2.45) is 0 Å². The Morgan fingerprint density at radius 3 is 2.26 bits per heavy atom. The van der Waals surface area contributed by atoms with E-state index in [-0.39, 0.29) is 48.5 Å². The number of para-hydroxylation sites is 1. The van der Waals surface area contributed by atoms with Gasteiger partial charge in [0.05, 0.1) is 10.0 Å². The second-order valence-corrected chi connectivity index (χ2v) is 8.52. The number of hydrogen-bond donors (Lipinski definition) is 1. The quantitative estimate of drug-likeness (QED) is 0.298. The summed E-state index contributed by atoms with van der Waals surface area (Å²) < 4.78 is 40.9. The first-order valence-corrected chi connectivity index (χ1v) is 11.5. The predicted octanol–water partition coefficient (Wildman–Crippen LogP) is 2.25. The highest BCUT2D eigenvalue weighted by Gasteiger charge is 2.30. The average molecular weight is 662 g/mol. The largest absolute Gasteiger partial charge is 1.00 e. The van der Waals surface area contributed by atoms with E-state index in [1.165, 1.54) is 0 Å². The van der Waals surface area contributed by atoms with E-state index in [2.05, 4.69) is 21.2 Å².